The fourth-order valence-corrected chi connectivity index (χ4v) is 5.20. The highest BCUT2D eigenvalue weighted by atomic mass is 19.1. The Bertz CT molecular complexity index is 792. The van der Waals surface area contributed by atoms with Gasteiger partial charge in [-0.3, -0.25) is 9.78 Å². The van der Waals surface area contributed by atoms with E-state index in [1.54, 1.807) is 12.1 Å². The van der Waals surface area contributed by atoms with Crippen LogP contribution in [-0.2, 0) is 9.53 Å². The maximum Gasteiger partial charge on any atom is 0.308 e. The molecule has 0 aliphatic heterocycles. The summed E-state index contributed by atoms with van der Waals surface area (Å²) in [6.07, 6.45) is 6.31. The van der Waals surface area contributed by atoms with Gasteiger partial charge in [-0.2, -0.15) is 0 Å². The average molecular weight is 341 g/mol. The van der Waals surface area contributed by atoms with Crippen molar-refractivity contribution in [2.24, 2.45) is 23.7 Å². The van der Waals surface area contributed by atoms with Crippen molar-refractivity contribution in [1.82, 2.24) is 4.98 Å². The molecule has 1 aromatic heterocycles. The highest BCUT2D eigenvalue weighted by Crippen LogP contribution is 2.54. The number of hydrogen-bond acceptors (Lipinski definition) is 3. The topological polar surface area (TPSA) is 39.2 Å². The second-order valence-corrected chi connectivity index (χ2v) is 7.79. The lowest BCUT2D eigenvalue weighted by Crippen LogP contribution is -2.21. The Morgan fingerprint density at radius 1 is 1.20 bits per heavy atom. The number of nitrogens with zero attached hydrogens (tertiary/aromatic N) is 1. The molecule has 4 heteroatoms. The summed E-state index contributed by atoms with van der Waals surface area (Å²) in [6.45, 7) is 1.99. The lowest BCUT2D eigenvalue weighted by Gasteiger charge is -2.20. The number of carbonyl (C=O) groups is 1. The van der Waals surface area contributed by atoms with E-state index in [4.69, 9.17) is 4.74 Å². The number of carbonyl (C=O) groups excluding carboxylic acids is 1. The van der Waals surface area contributed by atoms with E-state index < -0.39 is 0 Å². The molecule has 0 amide bonds. The van der Waals surface area contributed by atoms with Crippen LogP contribution in [0.15, 0.2) is 30.5 Å². The van der Waals surface area contributed by atoms with Crippen LogP contribution in [0.2, 0.25) is 0 Å². The van der Waals surface area contributed by atoms with Crippen molar-refractivity contribution in [1.29, 1.82) is 0 Å². The molecule has 2 aromatic rings. The number of hydrogen-bond donors (Lipinski definition) is 0. The van der Waals surface area contributed by atoms with Gasteiger partial charge in [0.25, 0.3) is 0 Å². The molecular weight excluding hydrogens is 317 g/mol. The van der Waals surface area contributed by atoms with Gasteiger partial charge in [0.05, 0.1) is 18.5 Å². The Hall–Kier alpha value is -1.97. The van der Waals surface area contributed by atoms with Crippen LogP contribution in [0.25, 0.3) is 10.9 Å². The number of halogens is 1. The molecule has 3 nitrogen and oxygen atoms in total. The van der Waals surface area contributed by atoms with Crippen LogP contribution >= 0.6 is 0 Å². The summed E-state index contributed by atoms with van der Waals surface area (Å²) in [5, 5.41) is 0.951. The molecule has 2 aliphatic rings. The molecule has 3 unspecified atom stereocenters. The summed E-state index contributed by atoms with van der Waals surface area (Å²) in [5.41, 5.74) is 2.10. The molecule has 4 rings (SSSR count). The minimum atomic E-state index is -0.202. The van der Waals surface area contributed by atoms with Gasteiger partial charge in [0.15, 0.2) is 0 Å². The Morgan fingerprint density at radius 2 is 1.92 bits per heavy atom. The molecule has 1 heterocycles. The molecule has 0 spiro atoms. The maximum atomic E-state index is 13.7. The monoisotopic (exact) mass is 341 g/mol. The van der Waals surface area contributed by atoms with Crippen molar-refractivity contribution in [2.75, 3.05) is 7.11 Å². The van der Waals surface area contributed by atoms with Crippen LogP contribution in [-0.4, -0.2) is 18.1 Å². The highest BCUT2D eigenvalue weighted by Gasteiger charge is 2.44. The van der Waals surface area contributed by atoms with Crippen molar-refractivity contribution in [3.8, 4) is 0 Å². The van der Waals surface area contributed by atoms with E-state index >= 15 is 0 Å². The predicted octanol–water partition coefficient (Wildman–Crippen LogP) is 4.70. The zero-order valence-electron chi connectivity index (χ0n) is 14.7. The van der Waals surface area contributed by atoms with Gasteiger partial charge in [0.1, 0.15) is 5.82 Å². The molecule has 2 saturated carbocycles. The first-order chi connectivity index (χ1) is 12.1. The molecule has 0 bridgehead atoms. The maximum absolute atomic E-state index is 13.7. The Labute approximate surface area is 147 Å². The van der Waals surface area contributed by atoms with Gasteiger partial charge in [-0.25, -0.2) is 4.39 Å². The highest BCUT2D eigenvalue weighted by molar-refractivity contribution is 5.82. The summed E-state index contributed by atoms with van der Waals surface area (Å²) in [4.78, 5) is 16.2. The Balaban J connectivity index is 1.52. The van der Waals surface area contributed by atoms with E-state index in [-0.39, 0.29) is 17.7 Å². The first-order valence-corrected chi connectivity index (χ1v) is 9.18. The third-order valence-electron chi connectivity index (χ3n) is 6.51. The molecule has 0 N–H and O–H groups in total. The number of esters is 1. The quantitative estimate of drug-likeness (QED) is 0.760. The van der Waals surface area contributed by atoms with Crippen molar-refractivity contribution in [2.45, 2.75) is 38.5 Å². The van der Waals surface area contributed by atoms with Gasteiger partial charge in [-0.15, -0.1) is 0 Å². The molecule has 25 heavy (non-hydrogen) atoms. The van der Waals surface area contributed by atoms with Crippen LogP contribution in [0.3, 0.4) is 0 Å². The third-order valence-corrected chi connectivity index (χ3v) is 6.51. The van der Waals surface area contributed by atoms with Gasteiger partial charge in [0, 0.05) is 11.6 Å². The van der Waals surface area contributed by atoms with E-state index in [1.807, 2.05) is 13.1 Å². The summed E-state index contributed by atoms with van der Waals surface area (Å²) >= 11 is 0. The predicted molar refractivity (Wildman–Crippen MR) is 94.6 cm³/mol. The van der Waals surface area contributed by atoms with Gasteiger partial charge in [-0.05, 0) is 79.2 Å². The smallest absolute Gasteiger partial charge is 0.308 e. The van der Waals surface area contributed by atoms with E-state index in [9.17, 15) is 9.18 Å². The first kappa shape index (κ1) is 16.5. The largest absolute Gasteiger partial charge is 0.469 e. The molecule has 2 fully saturated rings. The standard InChI is InChI=1S/C21H24FNO2/c1-12(21(24)25-2)13-7-14-9-16(10-15(14)8-13)18-5-6-23-20-4-3-17(22)11-19(18)20/h3-6,11-16H,7-10H2,1-2H3/t12?,13?,14-,15+,16?. The zero-order valence-corrected chi connectivity index (χ0v) is 14.7. The summed E-state index contributed by atoms with van der Waals surface area (Å²) in [6, 6.07) is 6.91. The lowest BCUT2D eigenvalue weighted by molar-refractivity contribution is -0.146. The summed E-state index contributed by atoms with van der Waals surface area (Å²) < 4.78 is 18.6. The Kier molecular flexibility index (Phi) is 4.22. The first-order valence-electron chi connectivity index (χ1n) is 9.18. The van der Waals surface area contributed by atoms with Crippen molar-refractivity contribution >= 4 is 16.9 Å². The number of rotatable bonds is 3. The molecule has 5 atom stereocenters. The fourth-order valence-electron chi connectivity index (χ4n) is 5.20. The SMILES string of the molecule is COC(=O)C(C)C1C[C@H]2CC(c3ccnc4ccc(F)cc34)C[C@H]2C1. The second-order valence-electron chi connectivity index (χ2n) is 7.79. The molecule has 2 aliphatic carbocycles. The molecule has 0 radical (unpaired) electrons. The average Bonchev–Trinajstić information content (AvgIpc) is 3.18. The summed E-state index contributed by atoms with van der Waals surface area (Å²) in [7, 11) is 1.47. The van der Waals surface area contributed by atoms with Crippen LogP contribution in [0.5, 0.6) is 0 Å². The number of ether oxygens (including phenoxy) is 1. The minimum absolute atomic E-state index is 0.00935. The minimum Gasteiger partial charge on any atom is -0.469 e. The van der Waals surface area contributed by atoms with Crippen LogP contribution in [0.4, 0.5) is 4.39 Å². The number of methoxy groups -OCH3 is 1. The van der Waals surface area contributed by atoms with Crippen LogP contribution in [0.1, 0.15) is 44.1 Å². The van der Waals surface area contributed by atoms with Gasteiger partial charge in [-0.1, -0.05) is 6.92 Å². The molecule has 132 valence electrons. The number of fused-ring (bicyclic) bond motifs is 2. The normalized spacial score (nSPS) is 29.6. The molecule has 0 saturated heterocycles. The molecular formula is C21H24FNO2. The lowest BCUT2D eigenvalue weighted by atomic mass is 9.86. The fraction of sp³-hybridized carbons (Fsp3) is 0.524. The van der Waals surface area contributed by atoms with Gasteiger partial charge < -0.3 is 4.74 Å². The van der Waals surface area contributed by atoms with Crippen molar-refractivity contribution in [3.63, 3.8) is 0 Å². The second kappa shape index (κ2) is 6.40. The van der Waals surface area contributed by atoms with E-state index in [2.05, 4.69) is 11.1 Å². The number of aromatic nitrogens is 1. The summed E-state index contributed by atoms with van der Waals surface area (Å²) in [5.74, 6) is 1.94. The van der Waals surface area contributed by atoms with Crippen LogP contribution < -0.4 is 0 Å². The zero-order chi connectivity index (χ0) is 17.6. The van der Waals surface area contributed by atoms with Crippen molar-refractivity contribution in [3.05, 3.63) is 41.8 Å². The number of benzene rings is 1. The van der Waals surface area contributed by atoms with Gasteiger partial charge >= 0.3 is 5.97 Å². The number of pyridine rings is 1. The molecule has 1 aromatic carbocycles. The van der Waals surface area contributed by atoms with Gasteiger partial charge in [0.2, 0.25) is 0 Å². The third kappa shape index (κ3) is 2.92. The van der Waals surface area contributed by atoms with Crippen molar-refractivity contribution < 1.29 is 13.9 Å². The van der Waals surface area contributed by atoms with E-state index in [0.717, 1.165) is 36.6 Å². The van der Waals surface area contributed by atoms with E-state index in [0.29, 0.717) is 23.7 Å². The van der Waals surface area contributed by atoms with E-state index in [1.165, 1.54) is 18.7 Å². The van der Waals surface area contributed by atoms with Crippen LogP contribution in [0, 0.1) is 29.5 Å². The Morgan fingerprint density at radius 3 is 2.60 bits per heavy atom.